The third kappa shape index (κ3) is 5.74. The monoisotopic (exact) mass is 523 g/mol. The molecule has 1 aliphatic heterocycles. The summed E-state index contributed by atoms with van der Waals surface area (Å²) < 4.78 is 13.9. The highest BCUT2D eigenvalue weighted by atomic mass is 32.1. The van der Waals surface area contributed by atoms with Crippen molar-refractivity contribution in [3.63, 3.8) is 0 Å². The SMILES string of the molecule is COCCN(C)C/C=C/C(=O)N1CCC(n2cc(-c3cc4cc(C)cc(OC)c4s3)c(C(C)=N)c2N)C1. The zero-order chi connectivity index (χ0) is 26.7. The van der Waals surface area contributed by atoms with Gasteiger partial charge in [-0.15, -0.1) is 11.3 Å². The second-order valence-electron chi connectivity index (χ2n) is 9.72. The van der Waals surface area contributed by atoms with Gasteiger partial charge in [0.1, 0.15) is 11.6 Å². The number of methoxy groups -OCH3 is 2. The van der Waals surface area contributed by atoms with E-state index in [2.05, 4.69) is 34.7 Å². The van der Waals surface area contributed by atoms with Crippen LogP contribution in [0.4, 0.5) is 5.82 Å². The Bertz CT molecular complexity index is 1330. The molecule has 1 aromatic carbocycles. The number of hydrogen-bond donors (Lipinski definition) is 2. The van der Waals surface area contributed by atoms with Crippen molar-refractivity contribution in [2.75, 3.05) is 59.8 Å². The second-order valence-corrected chi connectivity index (χ2v) is 10.8. The highest BCUT2D eigenvalue weighted by Gasteiger charge is 2.30. The summed E-state index contributed by atoms with van der Waals surface area (Å²) in [6, 6.07) is 6.42. The number of thiophene rings is 1. The Labute approximate surface area is 222 Å². The van der Waals surface area contributed by atoms with Crippen LogP contribution in [0.1, 0.15) is 30.5 Å². The van der Waals surface area contributed by atoms with Gasteiger partial charge in [0, 0.05) is 67.3 Å². The Kier molecular flexibility index (Phi) is 8.36. The minimum atomic E-state index is 0.0176. The normalized spacial score (nSPS) is 15.9. The molecular formula is C28H37N5O3S. The van der Waals surface area contributed by atoms with Crippen LogP contribution in [0, 0.1) is 12.3 Å². The first-order valence-corrected chi connectivity index (χ1v) is 13.3. The van der Waals surface area contributed by atoms with Crippen LogP contribution in [0.2, 0.25) is 0 Å². The lowest BCUT2D eigenvalue weighted by Gasteiger charge is -2.17. The van der Waals surface area contributed by atoms with Crippen LogP contribution in [-0.4, -0.2) is 80.0 Å². The number of amides is 1. The molecule has 3 heterocycles. The molecule has 0 radical (unpaired) electrons. The van der Waals surface area contributed by atoms with Crippen LogP contribution in [0.15, 0.2) is 36.5 Å². The van der Waals surface area contributed by atoms with Gasteiger partial charge in [-0.3, -0.25) is 4.79 Å². The van der Waals surface area contributed by atoms with Gasteiger partial charge in [-0.25, -0.2) is 0 Å². The number of hydrogen-bond acceptors (Lipinski definition) is 7. The first kappa shape index (κ1) is 26.9. The molecule has 1 atom stereocenters. The van der Waals surface area contributed by atoms with Gasteiger partial charge in [-0.1, -0.05) is 12.1 Å². The van der Waals surface area contributed by atoms with Gasteiger partial charge < -0.3 is 35.0 Å². The zero-order valence-electron chi connectivity index (χ0n) is 22.3. The largest absolute Gasteiger partial charge is 0.495 e. The van der Waals surface area contributed by atoms with Crippen LogP contribution in [-0.2, 0) is 9.53 Å². The second kappa shape index (κ2) is 11.5. The first-order valence-electron chi connectivity index (χ1n) is 12.5. The zero-order valence-corrected chi connectivity index (χ0v) is 23.2. The first-order chi connectivity index (χ1) is 17.7. The molecule has 1 saturated heterocycles. The van der Waals surface area contributed by atoms with Crippen molar-refractivity contribution in [3.05, 3.63) is 47.7 Å². The predicted octanol–water partition coefficient (Wildman–Crippen LogP) is 4.56. The summed E-state index contributed by atoms with van der Waals surface area (Å²) >= 11 is 1.65. The number of benzene rings is 1. The van der Waals surface area contributed by atoms with Crippen molar-refractivity contribution in [1.82, 2.24) is 14.4 Å². The van der Waals surface area contributed by atoms with Crippen LogP contribution in [0.25, 0.3) is 20.5 Å². The van der Waals surface area contributed by atoms with Crippen LogP contribution >= 0.6 is 11.3 Å². The summed E-state index contributed by atoms with van der Waals surface area (Å²) in [7, 11) is 5.38. The Hall–Kier alpha value is -3.14. The highest BCUT2D eigenvalue weighted by Crippen LogP contribution is 2.43. The van der Waals surface area contributed by atoms with Crippen molar-refractivity contribution < 1.29 is 14.3 Å². The van der Waals surface area contributed by atoms with Gasteiger partial charge in [0.25, 0.3) is 0 Å². The van der Waals surface area contributed by atoms with E-state index >= 15 is 0 Å². The number of likely N-dealkylation sites (N-methyl/N-ethyl adjacent to an activating group) is 1. The number of aryl methyl sites for hydroxylation is 1. The molecule has 2 aromatic heterocycles. The van der Waals surface area contributed by atoms with Crippen molar-refractivity contribution in [2.24, 2.45) is 0 Å². The molecule has 0 bridgehead atoms. The van der Waals surface area contributed by atoms with E-state index in [0.29, 0.717) is 37.8 Å². The number of likely N-dealkylation sites (tertiary alicyclic amines) is 1. The Morgan fingerprint density at radius 3 is 2.81 bits per heavy atom. The highest BCUT2D eigenvalue weighted by molar-refractivity contribution is 7.22. The number of carbonyl (C=O) groups is 1. The molecule has 3 aromatic rings. The molecule has 37 heavy (non-hydrogen) atoms. The van der Waals surface area contributed by atoms with Gasteiger partial charge in [-0.2, -0.15) is 0 Å². The van der Waals surface area contributed by atoms with E-state index in [4.69, 9.17) is 20.6 Å². The van der Waals surface area contributed by atoms with E-state index in [1.807, 2.05) is 24.1 Å². The maximum Gasteiger partial charge on any atom is 0.246 e. The van der Waals surface area contributed by atoms with E-state index in [9.17, 15) is 4.79 Å². The Balaban J connectivity index is 1.55. The van der Waals surface area contributed by atoms with Crippen molar-refractivity contribution in [2.45, 2.75) is 26.3 Å². The van der Waals surface area contributed by atoms with Crippen molar-refractivity contribution >= 4 is 38.9 Å². The maximum atomic E-state index is 12.8. The Morgan fingerprint density at radius 2 is 2.11 bits per heavy atom. The fourth-order valence-corrected chi connectivity index (χ4v) is 6.07. The molecule has 4 rings (SSSR count). The summed E-state index contributed by atoms with van der Waals surface area (Å²) in [5, 5.41) is 9.58. The topological polar surface area (TPSA) is 96.8 Å². The molecular weight excluding hydrogens is 486 g/mol. The number of nitrogens with two attached hydrogens (primary N) is 1. The summed E-state index contributed by atoms with van der Waals surface area (Å²) in [6.45, 7) is 7.28. The lowest BCUT2D eigenvalue weighted by molar-refractivity contribution is -0.125. The fourth-order valence-electron chi connectivity index (χ4n) is 4.92. The lowest BCUT2D eigenvalue weighted by atomic mass is 10.1. The molecule has 3 N–H and O–H groups in total. The van der Waals surface area contributed by atoms with E-state index in [0.717, 1.165) is 50.4 Å². The average molecular weight is 524 g/mol. The molecule has 1 amide bonds. The van der Waals surface area contributed by atoms with Gasteiger partial charge in [0.05, 0.1) is 24.5 Å². The third-order valence-electron chi connectivity index (χ3n) is 6.88. The summed E-state index contributed by atoms with van der Waals surface area (Å²) in [5.74, 6) is 1.46. The van der Waals surface area contributed by atoms with Crippen LogP contribution < -0.4 is 10.5 Å². The van der Waals surface area contributed by atoms with E-state index in [-0.39, 0.29) is 11.9 Å². The minimum Gasteiger partial charge on any atom is -0.495 e. The average Bonchev–Trinajstić information content (AvgIpc) is 3.58. The van der Waals surface area contributed by atoms with Gasteiger partial charge >= 0.3 is 0 Å². The van der Waals surface area contributed by atoms with E-state index in [1.165, 1.54) is 0 Å². The van der Waals surface area contributed by atoms with Crippen molar-refractivity contribution in [1.29, 1.82) is 5.41 Å². The number of ether oxygens (including phenoxy) is 2. The quantitative estimate of drug-likeness (QED) is 0.300. The van der Waals surface area contributed by atoms with Gasteiger partial charge in [0.15, 0.2) is 0 Å². The molecule has 9 heteroatoms. The van der Waals surface area contributed by atoms with Crippen LogP contribution in [0.5, 0.6) is 5.75 Å². The third-order valence-corrected chi connectivity index (χ3v) is 8.08. The molecule has 8 nitrogen and oxygen atoms in total. The number of fused-ring (bicyclic) bond motifs is 1. The number of nitrogens with one attached hydrogen (secondary N) is 1. The van der Waals surface area contributed by atoms with E-state index < -0.39 is 0 Å². The number of nitrogens with zero attached hydrogens (tertiary/aromatic N) is 3. The summed E-state index contributed by atoms with van der Waals surface area (Å²) in [6.07, 6.45) is 6.45. The molecule has 0 saturated carbocycles. The van der Waals surface area contributed by atoms with Crippen molar-refractivity contribution in [3.8, 4) is 16.2 Å². The Morgan fingerprint density at radius 1 is 1.32 bits per heavy atom. The van der Waals surface area contributed by atoms with Gasteiger partial charge in [0.2, 0.25) is 5.91 Å². The summed E-state index contributed by atoms with van der Waals surface area (Å²) in [4.78, 5) is 17.8. The number of anilines is 1. The molecule has 0 aliphatic carbocycles. The van der Waals surface area contributed by atoms with E-state index in [1.54, 1.807) is 38.6 Å². The predicted molar refractivity (Wildman–Crippen MR) is 152 cm³/mol. The molecule has 1 fully saturated rings. The molecule has 198 valence electrons. The van der Waals surface area contributed by atoms with Crippen LogP contribution in [0.3, 0.4) is 0 Å². The molecule has 0 spiro atoms. The number of rotatable bonds is 10. The lowest BCUT2D eigenvalue weighted by Crippen LogP contribution is -2.28. The van der Waals surface area contributed by atoms with Gasteiger partial charge in [-0.05, 0) is 50.4 Å². The maximum absolute atomic E-state index is 12.8. The molecule has 1 aliphatic rings. The number of carbonyl (C=O) groups excluding carboxylic acids is 1. The number of aromatic nitrogens is 1. The number of nitrogen functional groups attached to an aromatic ring is 1. The molecule has 1 unspecified atom stereocenters. The summed E-state index contributed by atoms with van der Waals surface area (Å²) in [5.41, 5.74) is 9.92. The minimum absolute atomic E-state index is 0.0176. The fraction of sp³-hybridized carbons (Fsp3) is 0.429. The smallest absolute Gasteiger partial charge is 0.246 e. The standard InChI is InChI=1S/C28H37N5O3S/c1-18-13-20-15-24(37-27(20)23(14-18)36-5)22-17-33(28(30)26(22)19(2)29)21-8-10-32(16-21)25(34)7-6-9-31(3)11-12-35-4/h6-7,13-15,17,21,29H,8-12,16,30H2,1-5H3/b7-6+,29-19?.